The molecule has 2 aliphatic heterocycles. The SMILES string of the molecule is CC(C)(C)OC(=O)N1C[C@@H](NS(=O)(=O)c2ccc(OC(F)(F)F)cc2)[C@H](O)[C@@H](n2c3ccc(F)cc3c3cc(F)ccc32)C1.O=S(=O)(N[C@@H]1CNC[C@H](n2c3ccc(F)cc3c3cc(F)ccc32)[C@H]1O)c1ccc(OC(F)(F)F)cc1. The van der Waals surface area contributed by atoms with Crippen LogP contribution in [-0.4, -0.2) is 116 Å². The Morgan fingerprint density at radius 2 is 0.889 bits per heavy atom. The molecule has 0 saturated carbocycles. The van der Waals surface area contributed by atoms with E-state index >= 15 is 0 Å². The normalized spacial score (nSPS) is 20.4. The fourth-order valence-corrected chi connectivity index (χ4v) is 12.5. The number of aromatic nitrogens is 2. The molecule has 2 fully saturated rings. The second-order valence-corrected chi connectivity index (χ2v) is 23.5. The first kappa shape index (κ1) is 58.4. The summed E-state index contributed by atoms with van der Waals surface area (Å²) in [6.45, 7) is 4.73. The Balaban J connectivity index is 0.000000198. The number of sulfonamides is 2. The maximum absolute atomic E-state index is 14.3. The molecule has 432 valence electrons. The number of halogens is 10. The Morgan fingerprint density at radius 3 is 1.26 bits per heavy atom. The van der Waals surface area contributed by atoms with Gasteiger partial charge in [-0.25, -0.2) is 48.6 Å². The number of hydrogen-bond donors (Lipinski definition) is 5. The number of hydrogen-bond acceptors (Lipinski definition) is 11. The van der Waals surface area contributed by atoms with Gasteiger partial charge in [0.1, 0.15) is 40.4 Å². The van der Waals surface area contributed by atoms with Gasteiger partial charge in [-0.1, -0.05) is 0 Å². The summed E-state index contributed by atoms with van der Waals surface area (Å²) in [5, 5.41) is 27.5. The van der Waals surface area contributed by atoms with Crippen LogP contribution < -0.4 is 24.2 Å². The summed E-state index contributed by atoms with van der Waals surface area (Å²) in [5.74, 6) is -3.42. The number of piperidine rings is 2. The van der Waals surface area contributed by atoms with Gasteiger partial charge in [-0.3, -0.25) is 0 Å². The standard InChI is InChI=1S/C29H28F5N3O6S.C24H20F5N3O4S/c1-28(2,3)43-27(39)36-14-22(35-44(40,41)19-8-6-18(7-9-19)42-29(32,33)34)26(38)25(15-36)37-23-10-4-16(30)12-20(23)21-13-17(31)5-11-24(21)37;25-13-1-7-20-17(9-13)18-10-14(26)2-8-21(18)32(20)22-12-30-11-19(23(22)33)31-37(34,35)16-5-3-15(4-6-16)36-24(27,28)29/h4-13,22,25-26,35,38H,14-15H2,1-3H3;1-10,19,22-23,30-31,33H,11-12H2/t22-,25+,26+;19-,22+,23+/m11/s1. The number of carbonyl (C=O) groups excluding carboxylic acids is 1. The predicted molar refractivity (Wildman–Crippen MR) is 274 cm³/mol. The van der Waals surface area contributed by atoms with E-state index in [1.54, 1.807) is 29.9 Å². The Bertz CT molecular complexity index is 3780. The van der Waals surface area contributed by atoms with Crippen LogP contribution in [-0.2, 0) is 24.8 Å². The number of aliphatic hydroxyl groups excluding tert-OH is 2. The number of nitrogens with zero attached hydrogens (tertiary/aromatic N) is 3. The largest absolute Gasteiger partial charge is 0.573 e. The van der Waals surface area contributed by atoms with E-state index in [1.165, 1.54) is 77.7 Å². The lowest BCUT2D eigenvalue weighted by molar-refractivity contribution is -0.275. The van der Waals surface area contributed by atoms with E-state index in [2.05, 4.69) is 24.2 Å². The van der Waals surface area contributed by atoms with Crippen molar-refractivity contribution in [2.45, 2.75) is 85.3 Å². The highest BCUT2D eigenvalue weighted by atomic mass is 32.2. The highest BCUT2D eigenvalue weighted by Gasteiger charge is 2.43. The van der Waals surface area contributed by atoms with Crippen molar-refractivity contribution in [3.8, 4) is 11.5 Å². The third kappa shape index (κ3) is 13.0. The number of likely N-dealkylation sites (tertiary alicyclic amines) is 1. The fraction of sp³-hybridized carbons (Fsp3) is 0.302. The van der Waals surface area contributed by atoms with Gasteiger partial charge in [0.25, 0.3) is 0 Å². The van der Waals surface area contributed by atoms with Gasteiger partial charge in [-0.15, -0.1) is 26.3 Å². The van der Waals surface area contributed by atoms with Gasteiger partial charge in [0, 0.05) is 69.8 Å². The van der Waals surface area contributed by atoms with Crippen LogP contribution in [0.3, 0.4) is 0 Å². The Kier molecular flexibility index (Phi) is 15.8. The summed E-state index contributed by atoms with van der Waals surface area (Å²) >= 11 is 0. The molecule has 28 heteroatoms. The number of nitrogens with one attached hydrogen (secondary N) is 3. The lowest BCUT2D eigenvalue weighted by Crippen LogP contribution is -2.60. The van der Waals surface area contributed by atoms with Crippen molar-refractivity contribution in [2.75, 3.05) is 26.2 Å². The first-order valence-electron chi connectivity index (χ1n) is 24.4. The van der Waals surface area contributed by atoms with Gasteiger partial charge in [0.05, 0.1) is 46.2 Å². The van der Waals surface area contributed by atoms with E-state index in [0.29, 0.717) is 43.6 Å². The third-order valence-electron chi connectivity index (χ3n) is 13.3. The lowest BCUT2D eigenvalue weighted by Gasteiger charge is -2.42. The van der Waals surface area contributed by atoms with Crippen molar-refractivity contribution in [1.29, 1.82) is 0 Å². The zero-order valence-corrected chi connectivity index (χ0v) is 44.1. The smallest absolute Gasteiger partial charge is 0.444 e. The van der Waals surface area contributed by atoms with E-state index in [-0.39, 0.29) is 31.1 Å². The molecule has 16 nitrogen and oxygen atoms in total. The quantitative estimate of drug-likeness (QED) is 0.0817. The van der Waals surface area contributed by atoms with Crippen molar-refractivity contribution in [2.24, 2.45) is 0 Å². The summed E-state index contributed by atoms with van der Waals surface area (Å²) in [4.78, 5) is 13.7. The van der Waals surface area contributed by atoms with Crippen LogP contribution in [0.25, 0.3) is 43.6 Å². The molecule has 0 spiro atoms. The van der Waals surface area contributed by atoms with Gasteiger partial charge in [0.2, 0.25) is 20.0 Å². The molecule has 2 saturated heterocycles. The Labute approximate surface area is 454 Å². The molecular formula is C53H48F10N6O10S2. The first-order chi connectivity index (χ1) is 37.8. The molecule has 81 heavy (non-hydrogen) atoms. The lowest BCUT2D eigenvalue weighted by atomic mass is 9.97. The average Bonchev–Trinajstić information content (AvgIpc) is 2.66. The minimum absolute atomic E-state index is 0.0621. The van der Waals surface area contributed by atoms with Crippen molar-refractivity contribution in [3.05, 3.63) is 145 Å². The van der Waals surface area contributed by atoms with Crippen LogP contribution in [0.15, 0.2) is 131 Å². The second kappa shape index (κ2) is 21.9. The minimum atomic E-state index is -4.98. The molecular weight excluding hydrogens is 1130 g/mol. The second-order valence-electron chi connectivity index (χ2n) is 20.0. The molecule has 4 heterocycles. The number of rotatable bonds is 10. The number of amides is 1. The van der Waals surface area contributed by atoms with Gasteiger partial charge in [0.15, 0.2) is 0 Å². The highest BCUT2D eigenvalue weighted by Crippen LogP contribution is 2.39. The van der Waals surface area contributed by atoms with Crippen molar-refractivity contribution in [3.63, 3.8) is 0 Å². The van der Waals surface area contributed by atoms with Gasteiger partial charge >= 0.3 is 18.8 Å². The van der Waals surface area contributed by atoms with E-state index in [1.807, 2.05) is 0 Å². The monoisotopic (exact) mass is 1180 g/mol. The number of carbonyl (C=O) groups is 1. The van der Waals surface area contributed by atoms with Gasteiger partial charge in [-0.2, -0.15) is 0 Å². The topological polar surface area (TPSA) is 203 Å². The Hall–Kier alpha value is -7.21. The van der Waals surface area contributed by atoms with Gasteiger partial charge < -0.3 is 43.8 Å². The number of aliphatic hydroxyl groups is 2. The predicted octanol–water partition coefficient (Wildman–Crippen LogP) is 9.29. The van der Waals surface area contributed by atoms with Crippen LogP contribution >= 0.6 is 0 Å². The summed E-state index contributed by atoms with van der Waals surface area (Å²) in [5.41, 5.74) is 0.917. The molecule has 5 N–H and O–H groups in total. The zero-order chi connectivity index (χ0) is 58.7. The maximum Gasteiger partial charge on any atom is 0.573 e. The molecule has 6 aromatic carbocycles. The van der Waals surface area contributed by atoms with Crippen molar-refractivity contribution >= 4 is 69.8 Å². The molecule has 0 aliphatic carbocycles. The molecule has 0 unspecified atom stereocenters. The van der Waals surface area contributed by atoms with E-state index in [0.717, 1.165) is 48.5 Å². The van der Waals surface area contributed by atoms with Crippen molar-refractivity contribution < 1.29 is 90.0 Å². The third-order valence-corrected chi connectivity index (χ3v) is 16.3. The zero-order valence-electron chi connectivity index (χ0n) is 42.4. The minimum Gasteiger partial charge on any atom is -0.444 e. The summed E-state index contributed by atoms with van der Waals surface area (Å²) in [6.07, 6.45) is -13.5. The van der Waals surface area contributed by atoms with Crippen molar-refractivity contribution in [1.82, 2.24) is 28.8 Å². The van der Waals surface area contributed by atoms with Crippen LogP contribution in [0.1, 0.15) is 32.9 Å². The van der Waals surface area contributed by atoms with Gasteiger partial charge in [-0.05, 0) is 142 Å². The fourth-order valence-electron chi connectivity index (χ4n) is 9.98. The molecule has 2 aromatic heterocycles. The summed E-state index contributed by atoms with van der Waals surface area (Å²) in [6, 6.07) is 18.7. The summed E-state index contributed by atoms with van der Waals surface area (Å²) in [7, 11) is -8.70. The van der Waals surface area contributed by atoms with E-state index < -0.39 is 121 Å². The van der Waals surface area contributed by atoms with E-state index in [4.69, 9.17) is 4.74 Å². The number of alkyl halides is 6. The summed E-state index contributed by atoms with van der Waals surface area (Å²) < 4.78 is 205. The van der Waals surface area contributed by atoms with Crippen LogP contribution in [0, 0.1) is 23.3 Å². The van der Waals surface area contributed by atoms with Crippen LogP contribution in [0.5, 0.6) is 11.5 Å². The average molecular weight is 1180 g/mol. The molecule has 0 bridgehead atoms. The highest BCUT2D eigenvalue weighted by molar-refractivity contribution is 7.89. The van der Waals surface area contributed by atoms with Crippen LogP contribution in [0.4, 0.5) is 48.7 Å². The number of ether oxygens (including phenoxy) is 3. The number of benzene rings is 6. The maximum atomic E-state index is 14.3. The van der Waals surface area contributed by atoms with E-state index in [9.17, 15) is 75.7 Å². The molecule has 10 rings (SSSR count). The molecule has 0 radical (unpaired) electrons. The Morgan fingerprint density at radius 1 is 0.531 bits per heavy atom. The molecule has 2 aliphatic rings. The first-order valence-corrected chi connectivity index (χ1v) is 27.4. The molecule has 8 aromatic rings. The molecule has 6 atom stereocenters. The van der Waals surface area contributed by atoms with Crippen LogP contribution in [0.2, 0.25) is 0 Å². The number of fused-ring (bicyclic) bond motifs is 6. The molecule has 1 amide bonds.